The lowest BCUT2D eigenvalue weighted by Gasteiger charge is -2.18. The molecule has 1 aromatic rings. The van der Waals surface area contributed by atoms with Gasteiger partial charge in [0.1, 0.15) is 0 Å². The maximum Gasteiger partial charge on any atom is 0.312 e. The second-order valence-electron chi connectivity index (χ2n) is 4.41. The monoisotopic (exact) mass is 287 g/mol. The van der Waals surface area contributed by atoms with E-state index >= 15 is 0 Å². The van der Waals surface area contributed by atoms with E-state index in [-0.39, 0.29) is 29.2 Å². The van der Waals surface area contributed by atoms with Crippen molar-refractivity contribution in [2.75, 3.05) is 19.8 Å². The Labute approximate surface area is 114 Å². The van der Waals surface area contributed by atoms with Crippen LogP contribution in [0.25, 0.3) is 0 Å². The molecule has 0 amide bonds. The molecule has 2 rings (SSSR count). The van der Waals surface area contributed by atoms with E-state index in [0.717, 1.165) is 6.07 Å². The van der Waals surface area contributed by atoms with Gasteiger partial charge in [-0.3, -0.25) is 4.79 Å². The van der Waals surface area contributed by atoms with Gasteiger partial charge in [0.05, 0.1) is 19.1 Å². The number of nitrogens with two attached hydrogens (primary N) is 1. The number of alkyl halides is 2. The molecule has 0 saturated carbocycles. The van der Waals surface area contributed by atoms with E-state index in [1.807, 2.05) is 0 Å². The van der Waals surface area contributed by atoms with Crippen molar-refractivity contribution < 1.29 is 28.2 Å². The number of hydrogen-bond acceptors (Lipinski definition) is 4. The molecule has 0 saturated heterocycles. The predicted octanol–water partition coefficient (Wildman–Crippen LogP) is 1.91. The fourth-order valence-corrected chi connectivity index (χ4v) is 2.09. The van der Waals surface area contributed by atoms with Crippen LogP contribution in [0.3, 0.4) is 0 Å². The highest BCUT2D eigenvalue weighted by Crippen LogP contribution is 2.39. The van der Waals surface area contributed by atoms with Crippen LogP contribution in [0.2, 0.25) is 0 Å². The van der Waals surface area contributed by atoms with Gasteiger partial charge < -0.3 is 20.3 Å². The molecule has 1 aliphatic rings. The summed E-state index contributed by atoms with van der Waals surface area (Å²) in [6.07, 6.45) is -2.18. The van der Waals surface area contributed by atoms with Crippen molar-refractivity contribution in [1.29, 1.82) is 0 Å². The molecule has 5 nitrogen and oxygen atoms in total. The zero-order valence-electron chi connectivity index (χ0n) is 10.6. The third-order valence-corrected chi connectivity index (χ3v) is 3.10. The van der Waals surface area contributed by atoms with Gasteiger partial charge >= 0.3 is 5.97 Å². The summed E-state index contributed by atoms with van der Waals surface area (Å²) in [6, 6.07) is 2.44. The topological polar surface area (TPSA) is 81.8 Å². The van der Waals surface area contributed by atoms with Crippen molar-refractivity contribution in [3.05, 3.63) is 23.3 Å². The van der Waals surface area contributed by atoms with Crippen LogP contribution in [-0.2, 0) is 4.79 Å². The van der Waals surface area contributed by atoms with Gasteiger partial charge in [0.15, 0.2) is 11.5 Å². The molecule has 1 aromatic carbocycles. The van der Waals surface area contributed by atoms with E-state index in [2.05, 4.69) is 0 Å². The van der Waals surface area contributed by atoms with E-state index in [1.54, 1.807) is 0 Å². The number of halogens is 2. The Balaban J connectivity index is 2.53. The fourth-order valence-electron chi connectivity index (χ4n) is 2.09. The minimum absolute atomic E-state index is 0.0285. The maximum atomic E-state index is 13.1. The summed E-state index contributed by atoms with van der Waals surface area (Å²) in [5.74, 6) is -1.95. The van der Waals surface area contributed by atoms with E-state index in [9.17, 15) is 13.6 Å². The molecule has 0 fully saturated rings. The number of carbonyl (C=O) groups is 1. The molecule has 0 bridgehead atoms. The lowest BCUT2D eigenvalue weighted by Crippen LogP contribution is -2.22. The highest BCUT2D eigenvalue weighted by molar-refractivity contribution is 5.77. The Bertz CT molecular complexity index is 507. The molecule has 110 valence electrons. The summed E-state index contributed by atoms with van der Waals surface area (Å²) < 4.78 is 37.0. The smallest absolute Gasteiger partial charge is 0.312 e. The minimum Gasteiger partial charge on any atom is -0.490 e. The standard InChI is InChI=1S/C13H15F2NO4/c14-12(15)8-5-11-10(19-2-1-3-20-11)4-7(8)9(6-16)13(17)18/h4-5,9,12H,1-3,6,16H2,(H,17,18). The van der Waals surface area contributed by atoms with Gasteiger partial charge in [0, 0.05) is 18.5 Å². The van der Waals surface area contributed by atoms with Crippen LogP contribution in [0.15, 0.2) is 12.1 Å². The predicted molar refractivity (Wildman–Crippen MR) is 66.4 cm³/mol. The van der Waals surface area contributed by atoms with Crippen molar-refractivity contribution in [1.82, 2.24) is 0 Å². The molecule has 3 N–H and O–H groups in total. The summed E-state index contributed by atoms with van der Waals surface area (Å²) in [6.45, 7) is 0.490. The van der Waals surface area contributed by atoms with Crippen LogP contribution in [0.1, 0.15) is 29.9 Å². The number of carboxylic acid groups (broad SMARTS) is 1. The number of rotatable bonds is 4. The van der Waals surface area contributed by atoms with E-state index in [4.69, 9.17) is 20.3 Å². The number of fused-ring (bicyclic) bond motifs is 1. The third-order valence-electron chi connectivity index (χ3n) is 3.10. The number of benzene rings is 1. The van der Waals surface area contributed by atoms with E-state index < -0.39 is 18.3 Å². The molecular weight excluding hydrogens is 272 g/mol. The van der Waals surface area contributed by atoms with Crippen LogP contribution in [0.5, 0.6) is 11.5 Å². The molecule has 1 atom stereocenters. The SMILES string of the molecule is NCC(C(=O)O)c1cc2c(cc1C(F)F)OCCCO2. The van der Waals surface area contributed by atoms with Crippen molar-refractivity contribution in [2.45, 2.75) is 18.8 Å². The molecule has 0 aromatic heterocycles. The second-order valence-corrected chi connectivity index (χ2v) is 4.41. The lowest BCUT2D eigenvalue weighted by atomic mass is 9.93. The average molecular weight is 287 g/mol. The van der Waals surface area contributed by atoms with Gasteiger partial charge in [-0.1, -0.05) is 0 Å². The average Bonchev–Trinajstić information content (AvgIpc) is 2.62. The van der Waals surface area contributed by atoms with Crippen LogP contribution in [-0.4, -0.2) is 30.8 Å². The first-order chi connectivity index (χ1) is 9.54. The molecule has 0 radical (unpaired) electrons. The fraction of sp³-hybridized carbons (Fsp3) is 0.462. The highest BCUT2D eigenvalue weighted by atomic mass is 19.3. The first-order valence-corrected chi connectivity index (χ1v) is 6.19. The normalized spacial score (nSPS) is 15.8. The van der Waals surface area contributed by atoms with Crippen molar-refractivity contribution >= 4 is 5.97 Å². The van der Waals surface area contributed by atoms with E-state index in [1.165, 1.54) is 6.07 Å². The number of hydrogen-bond donors (Lipinski definition) is 2. The summed E-state index contributed by atoms with van der Waals surface area (Å²) in [5.41, 5.74) is 4.97. The Morgan fingerprint density at radius 3 is 2.25 bits per heavy atom. The molecule has 0 spiro atoms. The Hall–Kier alpha value is -1.89. The Kier molecular flexibility index (Phi) is 4.39. The minimum atomic E-state index is -2.81. The van der Waals surface area contributed by atoms with Gasteiger partial charge in [-0.15, -0.1) is 0 Å². The molecule has 1 aliphatic heterocycles. The van der Waals surface area contributed by atoms with Crippen LogP contribution in [0.4, 0.5) is 8.78 Å². The van der Waals surface area contributed by atoms with E-state index in [0.29, 0.717) is 19.6 Å². The summed E-state index contributed by atoms with van der Waals surface area (Å²) >= 11 is 0. The first-order valence-electron chi connectivity index (χ1n) is 6.19. The molecule has 1 heterocycles. The van der Waals surface area contributed by atoms with Gasteiger partial charge in [0.25, 0.3) is 6.43 Å². The van der Waals surface area contributed by atoms with Crippen molar-refractivity contribution in [3.8, 4) is 11.5 Å². The Morgan fingerprint density at radius 1 is 1.25 bits per heavy atom. The van der Waals surface area contributed by atoms with Crippen molar-refractivity contribution in [3.63, 3.8) is 0 Å². The van der Waals surface area contributed by atoms with Gasteiger partial charge in [-0.2, -0.15) is 0 Å². The first kappa shape index (κ1) is 14.5. The van der Waals surface area contributed by atoms with Crippen molar-refractivity contribution in [2.24, 2.45) is 5.73 Å². The number of ether oxygens (including phenoxy) is 2. The summed E-state index contributed by atoms with van der Waals surface area (Å²) in [5, 5.41) is 9.10. The zero-order chi connectivity index (χ0) is 14.7. The molecule has 20 heavy (non-hydrogen) atoms. The third kappa shape index (κ3) is 2.82. The van der Waals surface area contributed by atoms with Gasteiger partial charge in [-0.25, -0.2) is 8.78 Å². The van der Waals surface area contributed by atoms with Crippen LogP contribution in [0, 0.1) is 0 Å². The molecule has 7 heteroatoms. The molecular formula is C13H15F2NO4. The molecule has 1 unspecified atom stereocenters. The maximum absolute atomic E-state index is 13.1. The lowest BCUT2D eigenvalue weighted by molar-refractivity contribution is -0.138. The van der Waals surface area contributed by atoms with Crippen LogP contribution >= 0.6 is 0 Å². The number of aliphatic carboxylic acids is 1. The van der Waals surface area contributed by atoms with Crippen LogP contribution < -0.4 is 15.2 Å². The summed E-state index contributed by atoms with van der Waals surface area (Å²) in [4.78, 5) is 11.1. The Morgan fingerprint density at radius 2 is 1.80 bits per heavy atom. The van der Waals surface area contributed by atoms with Gasteiger partial charge in [-0.05, 0) is 17.7 Å². The molecule has 0 aliphatic carbocycles. The number of carboxylic acids is 1. The quantitative estimate of drug-likeness (QED) is 0.884. The second kappa shape index (κ2) is 6.04. The highest BCUT2D eigenvalue weighted by Gasteiger charge is 2.28. The van der Waals surface area contributed by atoms with Gasteiger partial charge in [0.2, 0.25) is 0 Å². The largest absolute Gasteiger partial charge is 0.490 e. The summed E-state index contributed by atoms with van der Waals surface area (Å²) in [7, 11) is 0. The zero-order valence-corrected chi connectivity index (χ0v) is 10.6.